The first-order chi connectivity index (χ1) is 18.7. The topological polar surface area (TPSA) is 35.0 Å². The van der Waals surface area contributed by atoms with Crippen LogP contribution in [0.2, 0.25) is 0 Å². The van der Waals surface area contributed by atoms with Gasteiger partial charge in [-0.15, -0.1) is 0 Å². The van der Waals surface area contributed by atoms with Crippen molar-refractivity contribution in [3.8, 4) is 28.3 Å². The summed E-state index contributed by atoms with van der Waals surface area (Å²) in [6, 6.07) is 18.9. The highest BCUT2D eigenvalue weighted by molar-refractivity contribution is 5.67. The van der Waals surface area contributed by atoms with Gasteiger partial charge in [0.2, 0.25) is 0 Å². The largest absolute Gasteiger partial charge is 0.491 e. The zero-order valence-corrected chi connectivity index (χ0v) is 23.8. The van der Waals surface area contributed by atoms with Crippen LogP contribution in [0.25, 0.3) is 22.5 Å². The van der Waals surface area contributed by atoms with Crippen LogP contribution in [0.15, 0.2) is 60.8 Å². The van der Waals surface area contributed by atoms with Gasteiger partial charge in [-0.2, -0.15) is 0 Å². The van der Waals surface area contributed by atoms with Crippen LogP contribution < -0.4 is 4.74 Å². The lowest BCUT2D eigenvalue weighted by atomic mass is 9.98. The van der Waals surface area contributed by atoms with Crippen LogP contribution in [0.5, 0.6) is 5.75 Å². The summed E-state index contributed by atoms with van der Waals surface area (Å²) in [5.41, 5.74) is 4.58. The van der Waals surface area contributed by atoms with Crippen molar-refractivity contribution in [1.82, 2.24) is 9.97 Å². The summed E-state index contributed by atoms with van der Waals surface area (Å²) in [4.78, 5) is 9.88. The van der Waals surface area contributed by atoms with Gasteiger partial charge in [0.15, 0.2) is 5.82 Å². The van der Waals surface area contributed by atoms with E-state index in [1.165, 1.54) is 89.0 Å². The Kier molecular flexibility index (Phi) is 11.7. The van der Waals surface area contributed by atoms with Crippen molar-refractivity contribution in [3.05, 3.63) is 66.5 Å². The zero-order valence-electron chi connectivity index (χ0n) is 23.8. The molecule has 1 aliphatic rings. The van der Waals surface area contributed by atoms with Gasteiger partial charge in [0, 0.05) is 17.3 Å². The fourth-order valence-electron chi connectivity index (χ4n) is 5.82. The molecule has 4 rings (SSSR count). The number of aromatic nitrogens is 2. The van der Waals surface area contributed by atoms with Gasteiger partial charge in [-0.1, -0.05) is 108 Å². The average molecular weight is 513 g/mol. The molecule has 3 heteroatoms. The van der Waals surface area contributed by atoms with E-state index in [9.17, 15) is 0 Å². The van der Waals surface area contributed by atoms with Gasteiger partial charge in [0.05, 0.1) is 11.8 Å². The third-order valence-electron chi connectivity index (χ3n) is 8.12. The molecule has 0 saturated heterocycles. The number of aryl methyl sites for hydroxylation is 1. The van der Waals surface area contributed by atoms with Crippen molar-refractivity contribution >= 4 is 0 Å². The van der Waals surface area contributed by atoms with Crippen LogP contribution in [0, 0.1) is 5.92 Å². The van der Waals surface area contributed by atoms with Crippen LogP contribution in [-0.2, 0) is 6.42 Å². The molecule has 0 bridgehead atoms. The molecule has 3 nitrogen and oxygen atoms in total. The highest BCUT2D eigenvalue weighted by Gasteiger charge is 2.14. The monoisotopic (exact) mass is 512 g/mol. The van der Waals surface area contributed by atoms with E-state index in [2.05, 4.69) is 68.4 Å². The van der Waals surface area contributed by atoms with Crippen LogP contribution in [0.3, 0.4) is 0 Å². The molecule has 204 valence electrons. The molecule has 1 aliphatic carbocycles. The molecule has 0 spiro atoms. The van der Waals surface area contributed by atoms with E-state index >= 15 is 0 Å². The van der Waals surface area contributed by atoms with Crippen molar-refractivity contribution in [1.29, 1.82) is 0 Å². The summed E-state index contributed by atoms with van der Waals surface area (Å²) in [6.45, 7) is 4.42. The molecular formula is C35H48N2O. The average Bonchev–Trinajstić information content (AvgIpc) is 3.47. The number of unbranched alkanes of at least 4 members (excludes halogenated alkanes) is 6. The van der Waals surface area contributed by atoms with E-state index in [0.29, 0.717) is 0 Å². The van der Waals surface area contributed by atoms with Gasteiger partial charge in [0.1, 0.15) is 5.75 Å². The molecule has 0 aliphatic heterocycles. The van der Waals surface area contributed by atoms with Gasteiger partial charge in [-0.25, -0.2) is 9.97 Å². The highest BCUT2D eigenvalue weighted by atomic mass is 16.5. The van der Waals surface area contributed by atoms with Crippen LogP contribution >= 0.6 is 0 Å². The van der Waals surface area contributed by atoms with E-state index < -0.39 is 0 Å². The van der Waals surface area contributed by atoms with Crippen molar-refractivity contribution in [3.63, 3.8) is 0 Å². The van der Waals surface area contributed by atoms with E-state index in [1.54, 1.807) is 0 Å². The van der Waals surface area contributed by atoms with E-state index in [-0.39, 0.29) is 6.10 Å². The Morgan fingerprint density at radius 3 is 2.32 bits per heavy atom. The summed E-state index contributed by atoms with van der Waals surface area (Å²) >= 11 is 0. The van der Waals surface area contributed by atoms with E-state index in [0.717, 1.165) is 47.2 Å². The molecule has 3 aromatic rings. The maximum atomic E-state index is 6.16. The molecule has 0 radical (unpaired) electrons. The number of nitrogens with zero attached hydrogens (tertiary/aromatic N) is 2. The standard InChI is InChI=1S/C35H48N2O/c1-3-4-5-9-16-28(2)38-32-25-23-31(24-26-32)35-36-27-33(30-20-11-8-12-21-30)34(37-35)22-13-7-6-10-17-29-18-14-15-19-29/h8,11-12,20-21,23-29H,3-7,9-10,13-19,22H2,1-2H3. The Bertz CT molecular complexity index is 1060. The Morgan fingerprint density at radius 2 is 1.55 bits per heavy atom. The summed E-state index contributed by atoms with van der Waals surface area (Å²) in [5.74, 6) is 2.74. The molecule has 1 unspecified atom stereocenters. The molecule has 2 aromatic carbocycles. The van der Waals surface area contributed by atoms with E-state index in [4.69, 9.17) is 14.7 Å². The Balaban J connectivity index is 1.36. The third-order valence-corrected chi connectivity index (χ3v) is 8.12. The third kappa shape index (κ3) is 8.96. The van der Waals surface area contributed by atoms with Gasteiger partial charge in [-0.05, 0) is 68.4 Å². The maximum Gasteiger partial charge on any atom is 0.159 e. The fraction of sp³-hybridized carbons (Fsp3) is 0.543. The Hall–Kier alpha value is -2.68. The first-order valence-electron chi connectivity index (χ1n) is 15.4. The van der Waals surface area contributed by atoms with Crippen molar-refractivity contribution in [2.45, 2.75) is 116 Å². The second-order valence-corrected chi connectivity index (χ2v) is 11.3. The highest BCUT2D eigenvalue weighted by Crippen LogP contribution is 2.30. The molecule has 0 amide bonds. The first kappa shape index (κ1) is 28.3. The van der Waals surface area contributed by atoms with Crippen LogP contribution in [0.1, 0.15) is 109 Å². The van der Waals surface area contributed by atoms with Crippen molar-refractivity contribution in [2.24, 2.45) is 5.92 Å². The minimum atomic E-state index is 0.240. The van der Waals surface area contributed by atoms with Gasteiger partial charge < -0.3 is 4.74 Å². The molecule has 1 aromatic heterocycles. The summed E-state index contributed by atoms with van der Waals surface area (Å²) in [6.07, 6.45) is 22.0. The molecule has 1 fully saturated rings. The lowest BCUT2D eigenvalue weighted by Gasteiger charge is -2.15. The number of hydrogen-bond donors (Lipinski definition) is 0. The molecule has 1 heterocycles. The minimum absolute atomic E-state index is 0.240. The lowest BCUT2D eigenvalue weighted by molar-refractivity contribution is 0.206. The molecule has 0 N–H and O–H groups in total. The van der Waals surface area contributed by atoms with Crippen molar-refractivity contribution in [2.75, 3.05) is 0 Å². The summed E-state index contributed by atoms with van der Waals surface area (Å²) < 4.78 is 6.16. The second kappa shape index (κ2) is 15.7. The molecular weight excluding hydrogens is 464 g/mol. The Morgan fingerprint density at radius 1 is 0.816 bits per heavy atom. The molecule has 1 saturated carbocycles. The fourth-order valence-corrected chi connectivity index (χ4v) is 5.82. The second-order valence-electron chi connectivity index (χ2n) is 11.3. The maximum absolute atomic E-state index is 6.16. The molecule has 1 atom stereocenters. The van der Waals surface area contributed by atoms with Gasteiger partial charge >= 0.3 is 0 Å². The normalized spacial score (nSPS) is 14.6. The Labute approximate surface area is 231 Å². The number of ether oxygens (including phenoxy) is 1. The smallest absolute Gasteiger partial charge is 0.159 e. The van der Waals surface area contributed by atoms with Crippen molar-refractivity contribution < 1.29 is 4.74 Å². The van der Waals surface area contributed by atoms with Crippen LogP contribution in [-0.4, -0.2) is 16.1 Å². The van der Waals surface area contributed by atoms with E-state index in [1.807, 2.05) is 6.20 Å². The van der Waals surface area contributed by atoms with Gasteiger partial charge in [-0.3, -0.25) is 0 Å². The number of hydrogen-bond acceptors (Lipinski definition) is 3. The predicted molar refractivity (Wildman–Crippen MR) is 160 cm³/mol. The summed E-state index contributed by atoms with van der Waals surface area (Å²) in [7, 11) is 0. The quantitative estimate of drug-likeness (QED) is 0.179. The first-order valence-corrected chi connectivity index (χ1v) is 15.4. The lowest BCUT2D eigenvalue weighted by Crippen LogP contribution is -2.11. The summed E-state index contributed by atoms with van der Waals surface area (Å²) in [5, 5.41) is 0. The van der Waals surface area contributed by atoms with Crippen LogP contribution in [0.4, 0.5) is 0 Å². The SMILES string of the molecule is CCCCCCC(C)Oc1ccc(-c2ncc(-c3ccccc3)c(CCCCCCC3CCCC3)n2)cc1. The number of rotatable bonds is 16. The van der Waals surface area contributed by atoms with Gasteiger partial charge in [0.25, 0.3) is 0 Å². The predicted octanol–water partition coefficient (Wildman–Crippen LogP) is 10.2. The molecule has 38 heavy (non-hydrogen) atoms. The number of benzene rings is 2. The minimum Gasteiger partial charge on any atom is -0.491 e. The zero-order chi connectivity index (χ0) is 26.4.